The quantitative estimate of drug-likeness (QED) is 0.841. The van der Waals surface area contributed by atoms with Crippen molar-refractivity contribution in [2.45, 2.75) is 11.8 Å². The lowest BCUT2D eigenvalue weighted by atomic mass is 10.2. The SMILES string of the molecule is Cc1ccccc1S(=O)(=O)Nc1ccc(I)cn1. The van der Waals surface area contributed by atoms with Gasteiger partial charge in [-0.2, -0.15) is 0 Å². The van der Waals surface area contributed by atoms with Crippen LogP contribution in [-0.2, 0) is 10.0 Å². The third kappa shape index (κ3) is 2.99. The van der Waals surface area contributed by atoms with Crippen molar-refractivity contribution in [3.05, 3.63) is 51.7 Å². The Balaban J connectivity index is 2.33. The number of hydrogen-bond donors (Lipinski definition) is 1. The highest BCUT2D eigenvalue weighted by Gasteiger charge is 2.16. The Morgan fingerprint density at radius 2 is 1.89 bits per heavy atom. The van der Waals surface area contributed by atoms with E-state index >= 15 is 0 Å². The van der Waals surface area contributed by atoms with Gasteiger partial charge in [0.1, 0.15) is 5.82 Å². The molecule has 0 saturated heterocycles. The van der Waals surface area contributed by atoms with Gasteiger partial charge < -0.3 is 0 Å². The summed E-state index contributed by atoms with van der Waals surface area (Å²) in [5.74, 6) is 0.318. The molecule has 2 rings (SSSR count). The summed E-state index contributed by atoms with van der Waals surface area (Å²) < 4.78 is 27.7. The van der Waals surface area contributed by atoms with E-state index in [0.717, 1.165) is 3.57 Å². The number of rotatable bonds is 3. The minimum Gasteiger partial charge on any atom is -0.263 e. The highest BCUT2D eigenvalue weighted by molar-refractivity contribution is 14.1. The summed E-state index contributed by atoms with van der Waals surface area (Å²) in [5, 5.41) is 0. The fourth-order valence-electron chi connectivity index (χ4n) is 1.49. The molecule has 0 unspecified atom stereocenters. The molecule has 1 aromatic carbocycles. The largest absolute Gasteiger partial charge is 0.263 e. The van der Waals surface area contributed by atoms with Crippen molar-refractivity contribution in [1.82, 2.24) is 4.98 Å². The fraction of sp³-hybridized carbons (Fsp3) is 0.0833. The molecule has 4 nitrogen and oxygen atoms in total. The van der Waals surface area contributed by atoms with Gasteiger partial charge in [0.05, 0.1) is 4.90 Å². The Hall–Kier alpha value is -1.15. The van der Waals surface area contributed by atoms with Crippen molar-refractivity contribution in [3.8, 4) is 0 Å². The van der Waals surface area contributed by atoms with Crippen molar-refractivity contribution in [2.24, 2.45) is 0 Å². The number of halogens is 1. The molecule has 0 atom stereocenters. The first-order valence-electron chi connectivity index (χ1n) is 5.19. The van der Waals surface area contributed by atoms with E-state index < -0.39 is 10.0 Å². The van der Waals surface area contributed by atoms with E-state index in [9.17, 15) is 8.42 Å². The first-order valence-corrected chi connectivity index (χ1v) is 7.75. The molecule has 1 aromatic heterocycles. The van der Waals surface area contributed by atoms with Crippen LogP contribution >= 0.6 is 22.6 Å². The topological polar surface area (TPSA) is 59.1 Å². The molecule has 0 aliphatic heterocycles. The number of pyridine rings is 1. The van der Waals surface area contributed by atoms with Crippen molar-refractivity contribution in [1.29, 1.82) is 0 Å². The molecule has 0 radical (unpaired) electrons. The van der Waals surface area contributed by atoms with Gasteiger partial charge in [0.25, 0.3) is 10.0 Å². The predicted octanol–water partition coefficient (Wildman–Crippen LogP) is 2.80. The molecule has 94 valence electrons. The zero-order valence-corrected chi connectivity index (χ0v) is 12.6. The second kappa shape index (κ2) is 5.23. The van der Waals surface area contributed by atoms with Gasteiger partial charge in [0, 0.05) is 9.77 Å². The van der Waals surface area contributed by atoms with Crippen LogP contribution in [0.2, 0.25) is 0 Å². The van der Waals surface area contributed by atoms with E-state index in [2.05, 4.69) is 32.3 Å². The van der Waals surface area contributed by atoms with Crippen LogP contribution in [-0.4, -0.2) is 13.4 Å². The maximum atomic E-state index is 12.2. The maximum absolute atomic E-state index is 12.2. The number of nitrogens with zero attached hydrogens (tertiary/aromatic N) is 1. The van der Waals surface area contributed by atoms with Crippen LogP contribution in [0.4, 0.5) is 5.82 Å². The monoisotopic (exact) mass is 374 g/mol. The summed E-state index contributed by atoms with van der Waals surface area (Å²) in [5.41, 5.74) is 0.704. The average Bonchev–Trinajstić information content (AvgIpc) is 2.32. The lowest BCUT2D eigenvalue weighted by Gasteiger charge is -2.09. The van der Waals surface area contributed by atoms with Gasteiger partial charge in [0.2, 0.25) is 0 Å². The molecule has 0 aliphatic rings. The Morgan fingerprint density at radius 3 is 2.50 bits per heavy atom. The van der Waals surface area contributed by atoms with Crippen LogP contribution in [0.5, 0.6) is 0 Å². The van der Waals surface area contributed by atoms with Gasteiger partial charge in [-0.15, -0.1) is 0 Å². The second-order valence-electron chi connectivity index (χ2n) is 3.73. The van der Waals surface area contributed by atoms with Gasteiger partial charge in [-0.25, -0.2) is 13.4 Å². The first kappa shape index (κ1) is 13.3. The van der Waals surface area contributed by atoms with Crippen molar-refractivity contribution < 1.29 is 8.42 Å². The number of benzene rings is 1. The molecule has 1 heterocycles. The van der Waals surface area contributed by atoms with Crippen LogP contribution in [0, 0.1) is 10.5 Å². The fourth-order valence-corrected chi connectivity index (χ4v) is 3.06. The third-order valence-corrected chi connectivity index (χ3v) is 4.50. The van der Waals surface area contributed by atoms with E-state index in [0.29, 0.717) is 11.4 Å². The average molecular weight is 374 g/mol. The normalized spacial score (nSPS) is 11.2. The van der Waals surface area contributed by atoms with Crippen molar-refractivity contribution >= 4 is 38.4 Å². The summed E-state index contributed by atoms with van der Waals surface area (Å²) in [4.78, 5) is 4.29. The third-order valence-electron chi connectivity index (χ3n) is 2.35. The number of aromatic nitrogens is 1. The summed E-state index contributed by atoms with van der Waals surface area (Å²) in [6.45, 7) is 1.76. The lowest BCUT2D eigenvalue weighted by molar-refractivity contribution is 0.600. The molecule has 18 heavy (non-hydrogen) atoms. The standard InChI is InChI=1S/C12H11IN2O2S/c1-9-4-2-3-5-11(9)18(16,17)15-12-7-6-10(13)8-14-12/h2-8H,1H3,(H,14,15). The van der Waals surface area contributed by atoms with Crippen LogP contribution in [0.25, 0.3) is 0 Å². The van der Waals surface area contributed by atoms with E-state index in [1.807, 2.05) is 0 Å². The minimum atomic E-state index is -3.57. The summed E-state index contributed by atoms with van der Waals surface area (Å²) in [6.07, 6.45) is 1.61. The maximum Gasteiger partial charge on any atom is 0.263 e. The van der Waals surface area contributed by atoms with Gasteiger partial charge >= 0.3 is 0 Å². The molecule has 0 fully saturated rings. The smallest absolute Gasteiger partial charge is 0.263 e. The number of nitrogens with one attached hydrogen (secondary N) is 1. The number of anilines is 1. The molecule has 1 N–H and O–H groups in total. The Bertz CT molecular complexity index is 654. The van der Waals surface area contributed by atoms with Crippen LogP contribution in [0.1, 0.15) is 5.56 Å². The zero-order valence-electron chi connectivity index (χ0n) is 9.59. The number of sulfonamides is 1. The van der Waals surface area contributed by atoms with Crippen molar-refractivity contribution in [3.63, 3.8) is 0 Å². The van der Waals surface area contributed by atoms with Gasteiger partial charge in [-0.1, -0.05) is 18.2 Å². The molecule has 2 aromatic rings. The van der Waals surface area contributed by atoms with Crippen LogP contribution < -0.4 is 4.72 Å². The highest BCUT2D eigenvalue weighted by atomic mass is 127. The zero-order chi connectivity index (χ0) is 13.2. The molecule has 0 amide bonds. The molecule has 0 bridgehead atoms. The Morgan fingerprint density at radius 1 is 1.17 bits per heavy atom. The van der Waals surface area contributed by atoms with Gasteiger partial charge in [0.15, 0.2) is 0 Å². The summed E-state index contributed by atoms with van der Waals surface area (Å²) >= 11 is 2.11. The van der Waals surface area contributed by atoms with Crippen molar-refractivity contribution in [2.75, 3.05) is 4.72 Å². The summed E-state index contributed by atoms with van der Waals surface area (Å²) in [7, 11) is -3.57. The summed E-state index contributed by atoms with van der Waals surface area (Å²) in [6, 6.07) is 10.3. The minimum absolute atomic E-state index is 0.269. The molecule has 0 aliphatic carbocycles. The van der Waals surface area contributed by atoms with E-state index in [-0.39, 0.29) is 4.90 Å². The molecule has 0 saturated carbocycles. The van der Waals surface area contributed by atoms with E-state index in [4.69, 9.17) is 0 Å². The molecular formula is C12H11IN2O2S. The van der Waals surface area contributed by atoms with E-state index in [1.165, 1.54) is 0 Å². The molecule has 6 heteroatoms. The molecular weight excluding hydrogens is 363 g/mol. The van der Waals surface area contributed by atoms with E-state index in [1.54, 1.807) is 49.5 Å². The first-order chi connectivity index (χ1) is 8.49. The predicted molar refractivity (Wildman–Crippen MR) is 78.9 cm³/mol. The Kier molecular flexibility index (Phi) is 3.86. The van der Waals surface area contributed by atoms with Gasteiger partial charge in [-0.05, 0) is 53.3 Å². The van der Waals surface area contributed by atoms with Crippen LogP contribution in [0.3, 0.4) is 0 Å². The molecule has 0 spiro atoms. The second-order valence-corrected chi connectivity index (χ2v) is 6.63. The lowest BCUT2D eigenvalue weighted by Crippen LogP contribution is -2.15. The van der Waals surface area contributed by atoms with Gasteiger partial charge in [-0.3, -0.25) is 4.72 Å². The highest BCUT2D eigenvalue weighted by Crippen LogP contribution is 2.18. The number of aryl methyl sites for hydroxylation is 1. The number of hydrogen-bond acceptors (Lipinski definition) is 3. The van der Waals surface area contributed by atoms with Crippen LogP contribution in [0.15, 0.2) is 47.5 Å². The Labute approximate surface area is 120 Å².